The zero-order valence-corrected chi connectivity index (χ0v) is 23.1. The van der Waals surface area contributed by atoms with E-state index in [1.807, 2.05) is 49.1 Å². The van der Waals surface area contributed by atoms with Crippen LogP contribution in [0.5, 0.6) is 0 Å². The number of aromatic nitrogens is 3. The molecule has 0 bridgehead atoms. The summed E-state index contributed by atoms with van der Waals surface area (Å²) in [5, 5.41) is 2.51. The summed E-state index contributed by atoms with van der Waals surface area (Å²) < 4.78 is 5.18. The Labute approximate surface area is 230 Å². The molecule has 206 valence electrons. The Morgan fingerprint density at radius 2 is 1.67 bits per heavy atom. The van der Waals surface area contributed by atoms with Crippen LogP contribution in [0.15, 0.2) is 61.2 Å². The fraction of sp³-hybridized carbons (Fsp3) is 0.414. The van der Waals surface area contributed by atoms with E-state index in [0.717, 1.165) is 55.4 Å². The van der Waals surface area contributed by atoms with E-state index in [-0.39, 0.29) is 12.5 Å². The van der Waals surface area contributed by atoms with Crippen molar-refractivity contribution in [2.45, 2.75) is 39.5 Å². The van der Waals surface area contributed by atoms with Gasteiger partial charge in [0.05, 0.1) is 0 Å². The molecule has 2 amide bonds. The van der Waals surface area contributed by atoms with Crippen LogP contribution >= 0.6 is 0 Å². The summed E-state index contributed by atoms with van der Waals surface area (Å²) >= 11 is 0. The van der Waals surface area contributed by atoms with Gasteiger partial charge in [-0.25, -0.2) is 14.8 Å². The van der Waals surface area contributed by atoms with Gasteiger partial charge in [-0.15, -0.1) is 0 Å². The van der Waals surface area contributed by atoms with E-state index in [9.17, 15) is 9.59 Å². The molecular formula is C29H37N7O3. The number of alkyl carbamates (subject to hydrolysis) is 1. The molecule has 0 atom stereocenters. The third-order valence-electron chi connectivity index (χ3n) is 6.34. The van der Waals surface area contributed by atoms with Gasteiger partial charge >= 0.3 is 6.09 Å². The molecule has 10 heteroatoms. The number of benzene rings is 1. The molecule has 0 spiro atoms. The maximum Gasteiger partial charge on any atom is 0.408 e. The van der Waals surface area contributed by atoms with Crippen molar-refractivity contribution < 1.29 is 14.3 Å². The molecule has 0 unspecified atom stereocenters. The number of hydrogen-bond acceptors (Lipinski definition) is 8. The highest BCUT2D eigenvalue weighted by atomic mass is 16.6. The zero-order chi connectivity index (χ0) is 27.8. The summed E-state index contributed by atoms with van der Waals surface area (Å²) in [6, 6.07) is 12.1. The first kappa shape index (κ1) is 28.0. The normalized spacial score (nSPS) is 14.1. The Morgan fingerprint density at radius 3 is 2.33 bits per heavy atom. The molecule has 1 aliphatic heterocycles. The number of carbonyl (C=O) groups is 2. The van der Waals surface area contributed by atoms with E-state index in [0.29, 0.717) is 6.54 Å². The average Bonchev–Trinajstić information content (AvgIpc) is 2.92. The molecular weight excluding hydrogens is 494 g/mol. The molecule has 1 fully saturated rings. The van der Waals surface area contributed by atoms with Crippen LogP contribution in [0.4, 0.5) is 10.7 Å². The molecule has 3 heterocycles. The van der Waals surface area contributed by atoms with Crippen LogP contribution in [0.3, 0.4) is 0 Å². The van der Waals surface area contributed by atoms with Crippen LogP contribution in [0, 0.1) is 0 Å². The predicted octanol–water partition coefficient (Wildman–Crippen LogP) is 3.34. The summed E-state index contributed by atoms with van der Waals surface area (Å²) in [6.07, 6.45) is 6.76. The Bertz CT molecular complexity index is 1240. The standard InChI is InChI=1S/C29H37N7O3/c1-29(2,3)39-28(38)33-19-26(37)34(4)20-23-6-5-7-24(16-23)25-17-31-27(32-18-25)36-14-12-35(13-15-36)21-22-8-10-30-11-9-22/h5-11,16-18H,12-15,19-21H2,1-4H3,(H,33,38). The average molecular weight is 532 g/mol. The predicted molar refractivity (Wildman–Crippen MR) is 150 cm³/mol. The van der Waals surface area contributed by atoms with E-state index in [1.54, 1.807) is 32.7 Å². The third kappa shape index (κ3) is 8.47. The number of nitrogens with one attached hydrogen (secondary N) is 1. The third-order valence-corrected chi connectivity index (χ3v) is 6.34. The number of carbonyl (C=O) groups excluding carboxylic acids is 2. The van der Waals surface area contributed by atoms with Crippen molar-refractivity contribution >= 4 is 17.9 Å². The number of likely N-dealkylation sites (N-methyl/N-ethyl adjacent to an activating group) is 1. The van der Waals surface area contributed by atoms with Crippen molar-refractivity contribution in [1.29, 1.82) is 0 Å². The van der Waals surface area contributed by atoms with Crippen LogP contribution in [-0.2, 0) is 22.6 Å². The lowest BCUT2D eigenvalue weighted by Crippen LogP contribution is -2.46. The molecule has 0 radical (unpaired) electrons. The smallest absolute Gasteiger partial charge is 0.408 e. The van der Waals surface area contributed by atoms with E-state index in [2.05, 4.69) is 42.2 Å². The van der Waals surface area contributed by atoms with Gasteiger partial charge in [0.2, 0.25) is 11.9 Å². The van der Waals surface area contributed by atoms with Gasteiger partial charge in [0, 0.05) is 76.7 Å². The largest absolute Gasteiger partial charge is 0.444 e. The molecule has 0 saturated carbocycles. The monoisotopic (exact) mass is 531 g/mol. The highest BCUT2D eigenvalue weighted by molar-refractivity contribution is 5.82. The molecule has 0 aliphatic carbocycles. The first-order chi connectivity index (χ1) is 18.7. The Morgan fingerprint density at radius 1 is 0.974 bits per heavy atom. The minimum Gasteiger partial charge on any atom is -0.444 e. The lowest BCUT2D eigenvalue weighted by molar-refractivity contribution is -0.129. The van der Waals surface area contributed by atoms with Gasteiger partial charge < -0.3 is 19.9 Å². The van der Waals surface area contributed by atoms with Gasteiger partial charge in [-0.3, -0.25) is 14.7 Å². The van der Waals surface area contributed by atoms with Crippen molar-refractivity contribution in [3.63, 3.8) is 0 Å². The van der Waals surface area contributed by atoms with Crippen LogP contribution in [0.1, 0.15) is 31.9 Å². The number of piperazine rings is 1. The lowest BCUT2D eigenvalue weighted by Gasteiger charge is -2.34. The molecule has 4 rings (SSSR count). The minimum atomic E-state index is -0.614. The summed E-state index contributed by atoms with van der Waals surface area (Å²) in [4.78, 5) is 43.9. The zero-order valence-electron chi connectivity index (χ0n) is 23.1. The van der Waals surface area contributed by atoms with Gasteiger partial charge in [-0.1, -0.05) is 18.2 Å². The topological polar surface area (TPSA) is 104 Å². The van der Waals surface area contributed by atoms with Crippen molar-refractivity contribution in [3.05, 3.63) is 72.3 Å². The maximum atomic E-state index is 12.5. The molecule has 1 aliphatic rings. The fourth-order valence-electron chi connectivity index (χ4n) is 4.29. The second-order valence-electron chi connectivity index (χ2n) is 10.7. The number of amides is 2. The van der Waals surface area contributed by atoms with Gasteiger partial charge in [0.25, 0.3) is 0 Å². The Hall–Kier alpha value is -4.05. The minimum absolute atomic E-state index is 0.127. The number of ether oxygens (including phenoxy) is 1. The summed E-state index contributed by atoms with van der Waals surface area (Å²) in [7, 11) is 1.71. The van der Waals surface area contributed by atoms with Crippen LogP contribution in [0.25, 0.3) is 11.1 Å². The lowest BCUT2D eigenvalue weighted by atomic mass is 10.1. The molecule has 10 nitrogen and oxygen atoms in total. The number of hydrogen-bond donors (Lipinski definition) is 1. The van der Waals surface area contributed by atoms with Crippen LogP contribution in [-0.4, -0.2) is 82.1 Å². The molecule has 39 heavy (non-hydrogen) atoms. The van der Waals surface area contributed by atoms with Crippen molar-refractivity contribution in [2.75, 3.05) is 44.7 Å². The highest BCUT2D eigenvalue weighted by Gasteiger charge is 2.20. The highest BCUT2D eigenvalue weighted by Crippen LogP contribution is 2.22. The molecule has 2 aromatic heterocycles. The summed E-state index contributed by atoms with van der Waals surface area (Å²) in [6.45, 7) is 10.2. The summed E-state index contributed by atoms with van der Waals surface area (Å²) in [5.74, 6) is 0.529. The second kappa shape index (κ2) is 12.7. The van der Waals surface area contributed by atoms with E-state index >= 15 is 0 Å². The van der Waals surface area contributed by atoms with Crippen LogP contribution in [0.2, 0.25) is 0 Å². The van der Waals surface area contributed by atoms with Gasteiger partial charge in [0.1, 0.15) is 12.1 Å². The molecule has 1 saturated heterocycles. The molecule has 1 aromatic carbocycles. The maximum absolute atomic E-state index is 12.5. The molecule has 1 N–H and O–H groups in total. The number of anilines is 1. The summed E-state index contributed by atoms with van der Waals surface area (Å²) in [5.41, 5.74) is 3.52. The fourth-order valence-corrected chi connectivity index (χ4v) is 4.29. The Balaban J connectivity index is 1.28. The van der Waals surface area contributed by atoms with E-state index < -0.39 is 11.7 Å². The first-order valence-electron chi connectivity index (χ1n) is 13.1. The van der Waals surface area contributed by atoms with Crippen molar-refractivity contribution in [1.82, 2.24) is 30.1 Å². The Kier molecular flexibility index (Phi) is 9.08. The van der Waals surface area contributed by atoms with E-state index in [1.165, 1.54) is 5.56 Å². The number of pyridine rings is 1. The second-order valence-corrected chi connectivity index (χ2v) is 10.7. The van der Waals surface area contributed by atoms with Crippen molar-refractivity contribution in [2.24, 2.45) is 0 Å². The van der Waals surface area contributed by atoms with Gasteiger partial charge in [-0.05, 0) is 55.7 Å². The van der Waals surface area contributed by atoms with Crippen LogP contribution < -0.4 is 10.2 Å². The quantitative estimate of drug-likeness (QED) is 0.472. The first-order valence-corrected chi connectivity index (χ1v) is 13.1. The number of rotatable bonds is 8. The van der Waals surface area contributed by atoms with E-state index in [4.69, 9.17) is 4.74 Å². The molecule has 3 aromatic rings. The SMILES string of the molecule is CN(Cc1cccc(-c2cnc(N3CCN(Cc4ccncc4)CC3)nc2)c1)C(=O)CNC(=O)OC(C)(C)C. The van der Waals surface area contributed by atoms with Gasteiger partial charge in [-0.2, -0.15) is 0 Å². The van der Waals surface area contributed by atoms with Gasteiger partial charge in [0.15, 0.2) is 0 Å². The van der Waals surface area contributed by atoms with Crippen molar-refractivity contribution in [3.8, 4) is 11.1 Å². The number of nitrogens with zero attached hydrogens (tertiary/aromatic N) is 6.